The molecule has 0 spiro atoms. The monoisotopic (exact) mass is 334 g/mol. The van der Waals surface area contributed by atoms with E-state index >= 15 is 0 Å². The van der Waals surface area contributed by atoms with Crippen molar-refractivity contribution in [3.8, 4) is 5.88 Å². The van der Waals surface area contributed by atoms with Crippen LogP contribution in [0.4, 0.5) is 0 Å². The molecule has 23 heavy (non-hydrogen) atoms. The first-order valence-electron chi connectivity index (χ1n) is 7.70. The third kappa shape index (κ3) is 4.76. The number of esters is 1. The van der Waals surface area contributed by atoms with Gasteiger partial charge in [-0.1, -0.05) is 19.9 Å². The van der Waals surface area contributed by atoms with Gasteiger partial charge in [-0.2, -0.15) is 0 Å². The van der Waals surface area contributed by atoms with Gasteiger partial charge >= 0.3 is 5.97 Å². The Bertz CT molecular complexity index is 655. The normalized spacial score (nSPS) is 10.6. The minimum Gasteiger partial charge on any atom is -0.472 e. The fraction of sp³-hybridized carbons (Fsp3) is 0.412. The second-order valence-electron chi connectivity index (χ2n) is 4.97. The van der Waals surface area contributed by atoms with Crippen molar-refractivity contribution >= 4 is 17.7 Å². The first-order valence-corrected chi connectivity index (χ1v) is 8.68. The Morgan fingerprint density at radius 3 is 2.78 bits per heavy atom. The van der Waals surface area contributed by atoms with Crippen LogP contribution in [0.3, 0.4) is 0 Å². The molecular formula is C17H22N2O3S. The topological polar surface area (TPSA) is 53.4 Å². The van der Waals surface area contributed by atoms with Crippen LogP contribution in [0, 0.1) is 0 Å². The summed E-state index contributed by atoms with van der Waals surface area (Å²) in [6, 6.07) is 7.46. The highest BCUT2D eigenvalue weighted by molar-refractivity contribution is 7.99. The summed E-state index contributed by atoms with van der Waals surface area (Å²) in [5.74, 6) is 1.16. The van der Waals surface area contributed by atoms with E-state index in [0.717, 1.165) is 22.6 Å². The molecule has 0 radical (unpaired) electrons. The van der Waals surface area contributed by atoms with Gasteiger partial charge in [-0.15, -0.1) is 16.9 Å². The van der Waals surface area contributed by atoms with E-state index in [-0.39, 0.29) is 12.6 Å². The molecule has 0 N–H and O–H groups in total. The molecule has 0 aliphatic heterocycles. The Morgan fingerprint density at radius 2 is 2.13 bits per heavy atom. The summed E-state index contributed by atoms with van der Waals surface area (Å²) in [6.45, 7) is 4.76. The molecule has 2 rings (SSSR count). The standard InChI is InChI=1S/C17H22N2O3S/c1-4-11-21-17(20)13-7-6-8-15(23-5-2)14(13)12-22-16-9-10-19(3)18-16/h6-10H,4-5,11-12H2,1-3H3. The van der Waals surface area contributed by atoms with E-state index in [1.54, 1.807) is 28.6 Å². The molecular weight excluding hydrogens is 312 g/mol. The van der Waals surface area contributed by atoms with E-state index in [0.29, 0.717) is 18.1 Å². The van der Waals surface area contributed by atoms with Crippen LogP contribution < -0.4 is 4.74 Å². The van der Waals surface area contributed by atoms with E-state index in [1.807, 2.05) is 32.3 Å². The summed E-state index contributed by atoms with van der Waals surface area (Å²) in [6.07, 6.45) is 2.62. The molecule has 2 aromatic rings. The summed E-state index contributed by atoms with van der Waals surface area (Å²) in [4.78, 5) is 13.3. The maximum atomic E-state index is 12.3. The Balaban J connectivity index is 2.23. The lowest BCUT2D eigenvalue weighted by molar-refractivity contribution is 0.0501. The second-order valence-corrected chi connectivity index (χ2v) is 6.27. The van der Waals surface area contributed by atoms with Crippen molar-refractivity contribution in [2.24, 2.45) is 7.05 Å². The highest BCUT2D eigenvalue weighted by Crippen LogP contribution is 2.27. The Kier molecular flexibility index (Phi) is 6.52. The number of carbonyl (C=O) groups is 1. The lowest BCUT2D eigenvalue weighted by atomic mass is 10.1. The zero-order valence-electron chi connectivity index (χ0n) is 13.7. The van der Waals surface area contributed by atoms with Gasteiger partial charge in [-0.25, -0.2) is 4.79 Å². The fourth-order valence-electron chi connectivity index (χ4n) is 2.09. The van der Waals surface area contributed by atoms with Gasteiger partial charge in [0.15, 0.2) is 0 Å². The molecule has 6 heteroatoms. The summed E-state index contributed by atoms with van der Waals surface area (Å²) in [5, 5.41) is 4.20. The molecule has 1 heterocycles. The van der Waals surface area contributed by atoms with Crippen LogP contribution in [0.1, 0.15) is 36.2 Å². The van der Waals surface area contributed by atoms with Crippen molar-refractivity contribution in [3.63, 3.8) is 0 Å². The van der Waals surface area contributed by atoms with E-state index in [4.69, 9.17) is 9.47 Å². The average Bonchev–Trinajstić information content (AvgIpc) is 2.97. The lowest BCUT2D eigenvalue weighted by Crippen LogP contribution is -2.12. The van der Waals surface area contributed by atoms with E-state index in [2.05, 4.69) is 12.0 Å². The number of nitrogens with zero attached hydrogens (tertiary/aromatic N) is 2. The maximum absolute atomic E-state index is 12.3. The predicted octanol–water partition coefficient (Wildman–Crippen LogP) is 3.68. The quantitative estimate of drug-likeness (QED) is 0.544. The molecule has 5 nitrogen and oxygen atoms in total. The third-order valence-electron chi connectivity index (χ3n) is 3.14. The first kappa shape index (κ1) is 17.4. The summed E-state index contributed by atoms with van der Waals surface area (Å²) in [7, 11) is 1.83. The number of benzene rings is 1. The van der Waals surface area contributed by atoms with Crippen molar-refractivity contribution in [3.05, 3.63) is 41.6 Å². The van der Waals surface area contributed by atoms with Crippen molar-refractivity contribution in [1.82, 2.24) is 9.78 Å². The second kappa shape index (κ2) is 8.62. The van der Waals surface area contributed by atoms with Crippen LogP contribution >= 0.6 is 11.8 Å². The Labute approximate surface area is 141 Å². The Morgan fingerprint density at radius 1 is 1.30 bits per heavy atom. The van der Waals surface area contributed by atoms with Crippen LogP contribution in [-0.2, 0) is 18.4 Å². The summed E-state index contributed by atoms with van der Waals surface area (Å²) >= 11 is 1.68. The van der Waals surface area contributed by atoms with Gasteiger partial charge < -0.3 is 9.47 Å². The molecule has 0 bridgehead atoms. The molecule has 0 unspecified atom stereocenters. The van der Waals surface area contributed by atoms with Gasteiger partial charge in [-0.3, -0.25) is 4.68 Å². The molecule has 0 saturated heterocycles. The number of aryl methyl sites for hydroxylation is 1. The molecule has 0 saturated carbocycles. The van der Waals surface area contributed by atoms with Crippen molar-refractivity contribution in [2.75, 3.05) is 12.4 Å². The number of thioether (sulfide) groups is 1. The number of hydrogen-bond acceptors (Lipinski definition) is 5. The van der Waals surface area contributed by atoms with Gasteiger partial charge in [-0.05, 0) is 24.3 Å². The Hall–Kier alpha value is -1.95. The van der Waals surface area contributed by atoms with Gasteiger partial charge in [0.1, 0.15) is 6.61 Å². The molecule has 0 atom stereocenters. The minimum absolute atomic E-state index is 0.288. The summed E-state index contributed by atoms with van der Waals surface area (Å²) in [5.41, 5.74) is 1.42. The smallest absolute Gasteiger partial charge is 0.338 e. The van der Waals surface area contributed by atoms with Crippen LogP contribution in [-0.4, -0.2) is 28.1 Å². The van der Waals surface area contributed by atoms with Crippen molar-refractivity contribution < 1.29 is 14.3 Å². The fourth-order valence-corrected chi connectivity index (χ4v) is 2.91. The van der Waals surface area contributed by atoms with Crippen LogP contribution in [0.2, 0.25) is 0 Å². The number of ether oxygens (including phenoxy) is 2. The molecule has 0 aliphatic rings. The van der Waals surface area contributed by atoms with Crippen LogP contribution in [0.15, 0.2) is 35.4 Å². The zero-order valence-corrected chi connectivity index (χ0v) is 14.6. The molecule has 0 amide bonds. The minimum atomic E-state index is -0.301. The maximum Gasteiger partial charge on any atom is 0.338 e. The highest BCUT2D eigenvalue weighted by Gasteiger charge is 2.17. The SMILES string of the molecule is CCCOC(=O)c1cccc(SCC)c1COc1ccn(C)n1. The number of rotatable bonds is 8. The third-order valence-corrected chi connectivity index (χ3v) is 4.13. The highest BCUT2D eigenvalue weighted by atomic mass is 32.2. The van der Waals surface area contributed by atoms with E-state index in [9.17, 15) is 4.79 Å². The number of hydrogen-bond donors (Lipinski definition) is 0. The summed E-state index contributed by atoms with van der Waals surface area (Å²) < 4.78 is 12.7. The van der Waals surface area contributed by atoms with Gasteiger partial charge in [0.25, 0.3) is 0 Å². The van der Waals surface area contributed by atoms with Crippen LogP contribution in [0.25, 0.3) is 0 Å². The van der Waals surface area contributed by atoms with Gasteiger partial charge in [0.2, 0.25) is 5.88 Å². The largest absolute Gasteiger partial charge is 0.472 e. The number of aromatic nitrogens is 2. The van der Waals surface area contributed by atoms with Crippen molar-refractivity contribution in [2.45, 2.75) is 31.8 Å². The van der Waals surface area contributed by atoms with E-state index < -0.39 is 0 Å². The molecule has 1 aromatic carbocycles. The predicted molar refractivity (Wildman–Crippen MR) is 91.0 cm³/mol. The number of carbonyl (C=O) groups excluding carboxylic acids is 1. The zero-order chi connectivity index (χ0) is 16.7. The van der Waals surface area contributed by atoms with Crippen molar-refractivity contribution in [1.29, 1.82) is 0 Å². The molecule has 0 aliphatic carbocycles. The first-order chi connectivity index (χ1) is 11.2. The molecule has 124 valence electrons. The van der Waals surface area contributed by atoms with Gasteiger partial charge in [0, 0.05) is 29.8 Å². The molecule has 1 aromatic heterocycles. The average molecular weight is 334 g/mol. The van der Waals surface area contributed by atoms with Crippen LogP contribution in [0.5, 0.6) is 5.88 Å². The lowest BCUT2D eigenvalue weighted by Gasteiger charge is -2.13. The van der Waals surface area contributed by atoms with Gasteiger partial charge in [0.05, 0.1) is 12.2 Å². The molecule has 0 fully saturated rings. The van der Waals surface area contributed by atoms with E-state index in [1.165, 1.54) is 0 Å².